The minimum atomic E-state index is -0.132. The number of fused-ring (bicyclic) bond motifs is 1. The predicted octanol–water partition coefficient (Wildman–Crippen LogP) is 8.35. The van der Waals surface area contributed by atoms with Gasteiger partial charge in [-0.1, -0.05) is 45.0 Å². The van der Waals surface area contributed by atoms with Crippen LogP contribution in [0.5, 0.6) is 11.5 Å². The number of halogens is 1. The molecule has 5 nitrogen and oxygen atoms in total. The summed E-state index contributed by atoms with van der Waals surface area (Å²) in [4.78, 5) is 13.7. The number of carbonyl (C=O) groups is 1. The molecule has 0 radical (unpaired) electrons. The molecule has 1 N–H and O–H groups in total. The van der Waals surface area contributed by atoms with Crippen molar-refractivity contribution < 1.29 is 18.7 Å². The molecule has 6 rings (SSSR count). The van der Waals surface area contributed by atoms with E-state index in [1.54, 1.807) is 12.1 Å². The van der Waals surface area contributed by atoms with Crippen molar-refractivity contribution >= 4 is 12.0 Å². The standard InChI is InChI=1S/C26H31NO3.C11H16FN/c1-3-22(18-4-5-18)19-6-8-20(9-7-19)24-13-21(15-27(24)10-11-28)23-14-26-25(12-17(23)2)29-16-30-26;1-4-8-6-10(12)7-9(5-2)11(8)13-3/h6-9,11-12,14,18,21-22,24H,3-5,10,13,15-16H2,1-2H3;6-7,13H,4-5H2,1-3H3/t21-,22?,24-;/m1./s1. The van der Waals surface area contributed by atoms with Gasteiger partial charge >= 0.3 is 0 Å². The summed E-state index contributed by atoms with van der Waals surface area (Å²) < 4.78 is 24.2. The highest BCUT2D eigenvalue weighted by Crippen LogP contribution is 2.46. The molecular weight excluding hydrogens is 539 g/mol. The van der Waals surface area contributed by atoms with E-state index in [9.17, 15) is 9.18 Å². The molecule has 230 valence electrons. The van der Waals surface area contributed by atoms with Gasteiger partial charge in [-0.3, -0.25) is 4.90 Å². The van der Waals surface area contributed by atoms with E-state index in [0.29, 0.717) is 25.2 Å². The Morgan fingerprint density at radius 2 is 1.65 bits per heavy atom. The van der Waals surface area contributed by atoms with Crippen molar-refractivity contribution in [2.24, 2.45) is 5.92 Å². The van der Waals surface area contributed by atoms with Crippen LogP contribution in [0.1, 0.15) is 97.7 Å². The Morgan fingerprint density at radius 3 is 2.21 bits per heavy atom. The second-order valence-corrected chi connectivity index (χ2v) is 12.2. The molecule has 0 amide bonds. The average Bonchev–Trinajstić information content (AvgIpc) is 3.60. The van der Waals surface area contributed by atoms with Gasteiger partial charge in [-0.25, -0.2) is 4.39 Å². The van der Waals surface area contributed by atoms with Gasteiger partial charge in [-0.15, -0.1) is 0 Å². The lowest BCUT2D eigenvalue weighted by Gasteiger charge is -2.23. The zero-order valence-corrected chi connectivity index (χ0v) is 26.4. The van der Waals surface area contributed by atoms with E-state index in [2.05, 4.69) is 60.5 Å². The van der Waals surface area contributed by atoms with E-state index in [1.807, 2.05) is 20.9 Å². The molecule has 2 aliphatic heterocycles. The third-order valence-corrected chi connectivity index (χ3v) is 9.57. The van der Waals surface area contributed by atoms with E-state index in [4.69, 9.17) is 9.47 Å². The molecule has 43 heavy (non-hydrogen) atoms. The third kappa shape index (κ3) is 6.90. The SMILES string of the molecule is CCC(c1ccc([C@H]2C[C@@H](c3cc4c(cc3C)OCO4)CN2CC=O)cc1)C1CC1.CCc1cc(F)cc(CC)c1NC. The van der Waals surface area contributed by atoms with Crippen LogP contribution < -0.4 is 14.8 Å². The lowest BCUT2D eigenvalue weighted by atomic mass is 9.88. The fourth-order valence-electron chi connectivity index (χ4n) is 7.18. The number of likely N-dealkylation sites (tertiary alicyclic amines) is 1. The van der Waals surface area contributed by atoms with Gasteiger partial charge in [0.05, 0.1) is 6.54 Å². The zero-order valence-electron chi connectivity index (χ0n) is 26.4. The maximum atomic E-state index is 13.1. The fourth-order valence-corrected chi connectivity index (χ4v) is 7.18. The van der Waals surface area contributed by atoms with Gasteiger partial charge in [0.15, 0.2) is 11.5 Å². The van der Waals surface area contributed by atoms with Gasteiger partial charge in [0.1, 0.15) is 12.1 Å². The van der Waals surface area contributed by atoms with Crippen LogP contribution >= 0.6 is 0 Å². The van der Waals surface area contributed by atoms with Gasteiger partial charge in [0, 0.05) is 25.3 Å². The molecule has 0 spiro atoms. The van der Waals surface area contributed by atoms with E-state index in [-0.39, 0.29) is 11.9 Å². The summed E-state index contributed by atoms with van der Waals surface area (Å²) in [5, 5.41) is 3.13. The maximum absolute atomic E-state index is 13.1. The zero-order chi connectivity index (χ0) is 30.5. The third-order valence-electron chi connectivity index (χ3n) is 9.57. The first-order valence-electron chi connectivity index (χ1n) is 16.1. The second kappa shape index (κ2) is 13.9. The largest absolute Gasteiger partial charge is 0.454 e. The van der Waals surface area contributed by atoms with Crippen LogP contribution in [0.15, 0.2) is 48.5 Å². The summed E-state index contributed by atoms with van der Waals surface area (Å²) in [5.41, 5.74) is 8.56. The Hall–Kier alpha value is -3.38. The molecule has 3 aromatic rings. The van der Waals surface area contributed by atoms with Crippen molar-refractivity contribution in [3.63, 3.8) is 0 Å². The van der Waals surface area contributed by atoms with Gasteiger partial charge in [-0.2, -0.15) is 0 Å². The van der Waals surface area contributed by atoms with Gasteiger partial charge in [0.2, 0.25) is 6.79 Å². The molecule has 1 saturated carbocycles. The first-order valence-corrected chi connectivity index (χ1v) is 16.1. The molecule has 2 fully saturated rings. The highest BCUT2D eigenvalue weighted by Gasteiger charge is 2.36. The van der Waals surface area contributed by atoms with Crippen molar-refractivity contribution in [1.82, 2.24) is 4.90 Å². The smallest absolute Gasteiger partial charge is 0.231 e. The van der Waals surface area contributed by atoms with Crippen molar-refractivity contribution in [1.29, 1.82) is 0 Å². The van der Waals surface area contributed by atoms with Gasteiger partial charge in [-0.05, 0) is 121 Å². The number of benzene rings is 3. The molecule has 1 saturated heterocycles. The molecule has 3 aromatic carbocycles. The molecule has 1 aliphatic carbocycles. The van der Waals surface area contributed by atoms with E-state index in [1.165, 1.54) is 41.5 Å². The Kier molecular flexibility index (Phi) is 10.1. The second-order valence-electron chi connectivity index (χ2n) is 12.2. The summed E-state index contributed by atoms with van der Waals surface area (Å²) in [6.45, 7) is 10.2. The molecule has 2 heterocycles. The van der Waals surface area contributed by atoms with Crippen LogP contribution in [-0.4, -0.2) is 38.1 Å². The Morgan fingerprint density at radius 1 is 1.00 bits per heavy atom. The number of aryl methyl sites for hydroxylation is 3. The van der Waals surface area contributed by atoms with E-state index in [0.717, 1.165) is 66.3 Å². The highest BCUT2D eigenvalue weighted by molar-refractivity contribution is 5.57. The van der Waals surface area contributed by atoms with Crippen LogP contribution in [-0.2, 0) is 17.6 Å². The molecule has 0 aromatic heterocycles. The summed E-state index contributed by atoms with van der Waals surface area (Å²) in [6.07, 6.45) is 7.76. The number of rotatable bonds is 10. The summed E-state index contributed by atoms with van der Waals surface area (Å²) >= 11 is 0. The van der Waals surface area contributed by atoms with Crippen LogP contribution in [0.2, 0.25) is 0 Å². The minimum absolute atomic E-state index is 0.132. The normalized spacial score (nSPS) is 20.0. The Labute approximate surface area is 256 Å². The average molecular weight is 587 g/mol. The summed E-state index contributed by atoms with van der Waals surface area (Å²) in [6, 6.07) is 17.0. The van der Waals surface area contributed by atoms with E-state index >= 15 is 0 Å². The quantitative estimate of drug-likeness (QED) is 0.242. The lowest BCUT2D eigenvalue weighted by Crippen LogP contribution is -2.25. The van der Waals surface area contributed by atoms with Crippen LogP contribution in [0, 0.1) is 18.7 Å². The predicted molar refractivity (Wildman–Crippen MR) is 172 cm³/mol. The number of hydrogen-bond acceptors (Lipinski definition) is 5. The van der Waals surface area contributed by atoms with Crippen molar-refractivity contribution in [2.75, 3.05) is 32.2 Å². The van der Waals surface area contributed by atoms with Crippen molar-refractivity contribution in [3.8, 4) is 11.5 Å². The molecule has 0 bridgehead atoms. The first kappa shape index (κ1) is 31.1. The lowest BCUT2D eigenvalue weighted by molar-refractivity contribution is -0.109. The first-order chi connectivity index (χ1) is 20.9. The molecule has 3 aliphatic rings. The maximum Gasteiger partial charge on any atom is 0.231 e. The molecule has 6 heteroatoms. The van der Waals surface area contributed by atoms with Gasteiger partial charge < -0.3 is 19.6 Å². The minimum Gasteiger partial charge on any atom is -0.454 e. The number of nitrogens with one attached hydrogen (secondary N) is 1. The van der Waals surface area contributed by atoms with Crippen LogP contribution in [0.3, 0.4) is 0 Å². The molecule has 1 unspecified atom stereocenters. The Balaban J connectivity index is 0.000000239. The number of anilines is 1. The van der Waals surface area contributed by atoms with Crippen LogP contribution in [0.25, 0.3) is 0 Å². The number of carbonyl (C=O) groups excluding carboxylic acids is 1. The number of ether oxygens (including phenoxy) is 2. The van der Waals surface area contributed by atoms with Crippen LogP contribution in [0.4, 0.5) is 10.1 Å². The number of nitrogens with zero attached hydrogens (tertiary/aromatic N) is 1. The fraction of sp³-hybridized carbons (Fsp3) is 0.486. The monoisotopic (exact) mass is 586 g/mol. The molecule has 3 atom stereocenters. The van der Waals surface area contributed by atoms with Crippen molar-refractivity contribution in [2.45, 2.75) is 84.1 Å². The molecular formula is C37H47FN2O3. The number of hydrogen-bond donors (Lipinski definition) is 1. The topological polar surface area (TPSA) is 50.8 Å². The highest BCUT2D eigenvalue weighted by atomic mass is 19.1. The van der Waals surface area contributed by atoms with E-state index < -0.39 is 0 Å². The van der Waals surface area contributed by atoms with Gasteiger partial charge in [0.25, 0.3) is 0 Å². The van der Waals surface area contributed by atoms with Crippen molar-refractivity contribution in [3.05, 3.63) is 87.7 Å². The Bertz CT molecular complexity index is 1380. The number of aldehydes is 1. The summed E-state index contributed by atoms with van der Waals surface area (Å²) in [7, 11) is 1.88. The summed E-state index contributed by atoms with van der Waals surface area (Å²) in [5.74, 6) is 3.53.